The number of hydrogen-bond donors (Lipinski definition) is 2. The average molecular weight is 262 g/mol. The van der Waals surface area contributed by atoms with Crippen molar-refractivity contribution >= 4 is 5.69 Å². The maximum absolute atomic E-state index is 9.01. The molecular weight excluding hydrogens is 236 g/mol. The van der Waals surface area contributed by atoms with Gasteiger partial charge < -0.3 is 15.3 Å². The van der Waals surface area contributed by atoms with Gasteiger partial charge in [0.2, 0.25) is 0 Å². The molecule has 0 radical (unpaired) electrons. The lowest BCUT2D eigenvalue weighted by Gasteiger charge is -2.25. The predicted octanol–water partition coefficient (Wildman–Crippen LogP) is 2.54. The third kappa shape index (κ3) is 4.22. The molecule has 2 rings (SSSR count). The molecule has 1 heterocycles. The second-order valence-electron chi connectivity index (χ2n) is 6.07. The Balaban J connectivity index is 1.88. The number of benzene rings is 1. The van der Waals surface area contributed by atoms with Crippen molar-refractivity contribution in [1.29, 1.82) is 0 Å². The molecule has 0 spiro atoms. The van der Waals surface area contributed by atoms with Gasteiger partial charge in [-0.05, 0) is 50.8 Å². The first-order chi connectivity index (χ1) is 9.11. The molecule has 106 valence electrons. The lowest BCUT2D eigenvalue weighted by atomic mass is 10.0. The Hall–Kier alpha value is -1.06. The highest BCUT2D eigenvalue weighted by Gasteiger charge is 2.16. The Bertz CT molecular complexity index is 380. The predicted molar refractivity (Wildman–Crippen MR) is 80.5 cm³/mol. The van der Waals surface area contributed by atoms with Gasteiger partial charge in [-0.2, -0.15) is 0 Å². The highest BCUT2D eigenvalue weighted by atomic mass is 16.3. The Morgan fingerprint density at radius 1 is 1.16 bits per heavy atom. The SMILES string of the molecule is CC(C)(CCO)NCc1ccc(N2CCCC2)cc1. The molecule has 0 aliphatic carbocycles. The van der Waals surface area contributed by atoms with Crippen molar-refractivity contribution in [3.05, 3.63) is 29.8 Å². The summed E-state index contributed by atoms with van der Waals surface area (Å²) in [5.41, 5.74) is 2.63. The standard InChI is InChI=1S/C16H26N2O/c1-16(2,9-12-19)17-13-14-5-7-15(8-6-14)18-10-3-4-11-18/h5-8,17,19H,3-4,9-13H2,1-2H3. The summed E-state index contributed by atoms with van der Waals surface area (Å²) in [7, 11) is 0. The first-order valence-electron chi connectivity index (χ1n) is 7.30. The number of nitrogens with one attached hydrogen (secondary N) is 1. The van der Waals surface area contributed by atoms with Crippen molar-refractivity contribution < 1.29 is 5.11 Å². The van der Waals surface area contributed by atoms with E-state index in [-0.39, 0.29) is 12.1 Å². The molecule has 0 unspecified atom stereocenters. The number of hydrogen-bond acceptors (Lipinski definition) is 3. The van der Waals surface area contributed by atoms with Crippen molar-refractivity contribution in [2.45, 2.75) is 45.2 Å². The lowest BCUT2D eigenvalue weighted by molar-refractivity contribution is 0.230. The number of aliphatic hydroxyl groups excluding tert-OH is 1. The lowest BCUT2D eigenvalue weighted by Crippen LogP contribution is -2.39. The van der Waals surface area contributed by atoms with Crippen LogP contribution < -0.4 is 10.2 Å². The van der Waals surface area contributed by atoms with Crippen LogP contribution in [-0.4, -0.2) is 30.3 Å². The minimum Gasteiger partial charge on any atom is -0.396 e. The fourth-order valence-electron chi connectivity index (χ4n) is 2.51. The number of aliphatic hydroxyl groups is 1. The zero-order chi connectivity index (χ0) is 13.7. The Morgan fingerprint density at radius 3 is 2.37 bits per heavy atom. The van der Waals surface area contributed by atoms with E-state index >= 15 is 0 Å². The first kappa shape index (κ1) is 14.4. The van der Waals surface area contributed by atoms with Crippen molar-refractivity contribution in [3.8, 4) is 0 Å². The van der Waals surface area contributed by atoms with E-state index in [2.05, 4.69) is 48.3 Å². The maximum Gasteiger partial charge on any atom is 0.0448 e. The van der Waals surface area contributed by atoms with E-state index < -0.39 is 0 Å². The number of nitrogens with zero attached hydrogens (tertiary/aromatic N) is 1. The zero-order valence-corrected chi connectivity index (χ0v) is 12.2. The van der Waals surface area contributed by atoms with E-state index in [0.717, 1.165) is 13.0 Å². The van der Waals surface area contributed by atoms with E-state index in [1.807, 2.05) is 0 Å². The fraction of sp³-hybridized carbons (Fsp3) is 0.625. The van der Waals surface area contributed by atoms with E-state index in [1.165, 1.54) is 37.2 Å². The third-order valence-corrected chi connectivity index (χ3v) is 3.92. The molecule has 1 aliphatic rings. The van der Waals surface area contributed by atoms with E-state index in [9.17, 15) is 0 Å². The normalized spacial score (nSPS) is 16.1. The maximum atomic E-state index is 9.01. The summed E-state index contributed by atoms with van der Waals surface area (Å²) in [6, 6.07) is 8.86. The summed E-state index contributed by atoms with van der Waals surface area (Å²) < 4.78 is 0. The van der Waals surface area contributed by atoms with Crippen LogP contribution in [0.2, 0.25) is 0 Å². The molecule has 1 aliphatic heterocycles. The molecular formula is C16H26N2O. The van der Waals surface area contributed by atoms with Crippen molar-refractivity contribution in [3.63, 3.8) is 0 Å². The van der Waals surface area contributed by atoms with Crippen LogP contribution in [-0.2, 0) is 6.54 Å². The summed E-state index contributed by atoms with van der Waals surface area (Å²) in [6.07, 6.45) is 3.41. The fourth-order valence-corrected chi connectivity index (χ4v) is 2.51. The van der Waals surface area contributed by atoms with Crippen LogP contribution in [0.3, 0.4) is 0 Å². The molecule has 1 aromatic carbocycles. The van der Waals surface area contributed by atoms with Gasteiger partial charge in [0, 0.05) is 37.5 Å². The van der Waals surface area contributed by atoms with Crippen LogP contribution in [0.25, 0.3) is 0 Å². The zero-order valence-electron chi connectivity index (χ0n) is 12.2. The van der Waals surface area contributed by atoms with Gasteiger partial charge in [-0.1, -0.05) is 12.1 Å². The quantitative estimate of drug-likeness (QED) is 0.827. The molecule has 1 fully saturated rings. The molecule has 0 bridgehead atoms. The number of rotatable bonds is 6. The molecule has 0 atom stereocenters. The summed E-state index contributed by atoms with van der Waals surface area (Å²) in [5.74, 6) is 0. The monoisotopic (exact) mass is 262 g/mol. The molecule has 0 amide bonds. The van der Waals surface area contributed by atoms with Gasteiger partial charge in [0.25, 0.3) is 0 Å². The molecule has 2 N–H and O–H groups in total. The first-order valence-corrected chi connectivity index (χ1v) is 7.30. The van der Waals surface area contributed by atoms with Gasteiger partial charge in [0.05, 0.1) is 0 Å². The summed E-state index contributed by atoms with van der Waals surface area (Å²) in [5, 5.41) is 12.5. The molecule has 19 heavy (non-hydrogen) atoms. The van der Waals surface area contributed by atoms with Crippen LogP contribution in [0.1, 0.15) is 38.7 Å². The summed E-state index contributed by atoms with van der Waals surface area (Å²) in [4.78, 5) is 2.45. The minimum absolute atomic E-state index is 0.0115. The molecule has 0 aromatic heterocycles. The molecule has 3 nitrogen and oxygen atoms in total. The highest BCUT2D eigenvalue weighted by molar-refractivity contribution is 5.48. The smallest absolute Gasteiger partial charge is 0.0448 e. The van der Waals surface area contributed by atoms with E-state index in [0.29, 0.717) is 0 Å². The molecule has 0 saturated carbocycles. The van der Waals surface area contributed by atoms with E-state index in [4.69, 9.17) is 5.11 Å². The second-order valence-corrected chi connectivity index (χ2v) is 6.07. The van der Waals surface area contributed by atoms with Crippen LogP contribution in [0.15, 0.2) is 24.3 Å². The average Bonchev–Trinajstić information content (AvgIpc) is 2.91. The van der Waals surface area contributed by atoms with Gasteiger partial charge in [-0.25, -0.2) is 0 Å². The van der Waals surface area contributed by atoms with Gasteiger partial charge >= 0.3 is 0 Å². The Kier molecular flexibility index (Phi) is 4.83. The summed E-state index contributed by atoms with van der Waals surface area (Å²) in [6.45, 7) is 7.73. The van der Waals surface area contributed by atoms with Crippen LogP contribution in [0.4, 0.5) is 5.69 Å². The van der Waals surface area contributed by atoms with Crippen LogP contribution in [0.5, 0.6) is 0 Å². The van der Waals surface area contributed by atoms with Gasteiger partial charge in [-0.3, -0.25) is 0 Å². The van der Waals surface area contributed by atoms with Crippen LogP contribution in [0, 0.1) is 0 Å². The second kappa shape index (κ2) is 6.40. The largest absolute Gasteiger partial charge is 0.396 e. The topological polar surface area (TPSA) is 35.5 Å². The highest BCUT2D eigenvalue weighted by Crippen LogP contribution is 2.20. The van der Waals surface area contributed by atoms with Crippen molar-refractivity contribution in [1.82, 2.24) is 5.32 Å². The number of anilines is 1. The van der Waals surface area contributed by atoms with E-state index in [1.54, 1.807) is 0 Å². The third-order valence-electron chi connectivity index (χ3n) is 3.92. The van der Waals surface area contributed by atoms with Gasteiger partial charge in [-0.15, -0.1) is 0 Å². The van der Waals surface area contributed by atoms with Crippen LogP contribution >= 0.6 is 0 Å². The Labute approximate surface area is 116 Å². The summed E-state index contributed by atoms with van der Waals surface area (Å²) >= 11 is 0. The van der Waals surface area contributed by atoms with Crippen molar-refractivity contribution in [2.24, 2.45) is 0 Å². The van der Waals surface area contributed by atoms with Gasteiger partial charge in [0.15, 0.2) is 0 Å². The van der Waals surface area contributed by atoms with Gasteiger partial charge in [0.1, 0.15) is 0 Å². The molecule has 1 saturated heterocycles. The molecule has 1 aromatic rings. The minimum atomic E-state index is -0.0115. The van der Waals surface area contributed by atoms with Crippen molar-refractivity contribution in [2.75, 3.05) is 24.6 Å². The molecule has 3 heteroatoms. The Morgan fingerprint density at radius 2 is 1.79 bits per heavy atom.